The highest BCUT2D eigenvalue weighted by Gasteiger charge is 2.30. The smallest absolute Gasteiger partial charge is 0.157 e. The van der Waals surface area contributed by atoms with E-state index in [9.17, 15) is 0 Å². The molecule has 0 aromatic heterocycles. The van der Waals surface area contributed by atoms with Crippen LogP contribution in [0, 0.1) is 5.41 Å². The number of thioether (sulfide) groups is 1. The molecule has 0 radical (unpaired) electrons. The van der Waals surface area contributed by atoms with Crippen molar-refractivity contribution in [1.82, 2.24) is 5.32 Å². The van der Waals surface area contributed by atoms with Crippen LogP contribution in [0.4, 0.5) is 0 Å². The second kappa shape index (κ2) is 7.21. The number of nitrogens with zero attached hydrogens (tertiary/aromatic N) is 1. The molecule has 0 aliphatic carbocycles. The maximum Gasteiger partial charge on any atom is 0.157 e. The summed E-state index contributed by atoms with van der Waals surface area (Å²) in [5.41, 5.74) is 1.65. The van der Waals surface area contributed by atoms with E-state index in [1.165, 1.54) is 24.2 Å². The van der Waals surface area contributed by atoms with Gasteiger partial charge in [-0.15, -0.1) is 0 Å². The highest BCUT2D eigenvalue weighted by molar-refractivity contribution is 8.13. The molecule has 1 aromatic carbocycles. The Morgan fingerprint density at radius 2 is 1.95 bits per heavy atom. The summed E-state index contributed by atoms with van der Waals surface area (Å²) in [5, 5.41) is 4.61. The van der Waals surface area contributed by atoms with E-state index in [0.717, 1.165) is 17.5 Å². The molecule has 0 spiro atoms. The molecule has 1 aromatic rings. The van der Waals surface area contributed by atoms with Gasteiger partial charge >= 0.3 is 0 Å². The first-order valence-corrected chi connectivity index (χ1v) is 8.69. The summed E-state index contributed by atoms with van der Waals surface area (Å²) < 4.78 is 5.20. The Balaban J connectivity index is 1.97. The maximum atomic E-state index is 5.20. The van der Waals surface area contributed by atoms with E-state index < -0.39 is 0 Å². The van der Waals surface area contributed by atoms with Gasteiger partial charge in [-0.3, -0.25) is 4.99 Å². The topological polar surface area (TPSA) is 33.6 Å². The molecule has 0 amide bonds. The molecule has 1 unspecified atom stereocenters. The second-order valence-electron chi connectivity index (χ2n) is 5.76. The van der Waals surface area contributed by atoms with Gasteiger partial charge in [-0.2, -0.15) is 0 Å². The van der Waals surface area contributed by atoms with Crippen molar-refractivity contribution >= 4 is 16.9 Å². The lowest BCUT2D eigenvalue weighted by Gasteiger charge is -2.34. The molecule has 0 saturated carbocycles. The average Bonchev–Trinajstić information content (AvgIpc) is 2.56. The van der Waals surface area contributed by atoms with Gasteiger partial charge in [0.05, 0.1) is 13.2 Å². The van der Waals surface area contributed by atoms with Crippen LogP contribution in [0.25, 0.3) is 0 Å². The number of hydrogen-bond donors (Lipinski definition) is 1. The van der Waals surface area contributed by atoms with Crippen LogP contribution in [-0.4, -0.2) is 24.6 Å². The van der Waals surface area contributed by atoms with Gasteiger partial charge in [0.15, 0.2) is 5.17 Å². The third kappa shape index (κ3) is 3.94. The molecule has 1 N–H and O–H groups in total. The zero-order valence-corrected chi connectivity index (χ0v) is 14.3. The van der Waals surface area contributed by atoms with Gasteiger partial charge in [-0.1, -0.05) is 37.7 Å². The predicted octanol–water partition coefficient (Wildman–Crippen LogP) is 4.26. The van der Waals surface area contributed by atoms with Gasteiger partial charge in [0, 0.05) is 12.3 Å². The highest BCUT2D eigenvalue weighted by Crippen LogP contribution is 2.35. The fraction of sp³-hybridized carbons (Fsp3) is 0.588. The summed E-state index contributed by atoms with van der Waals surface area (Å²) in [6.07, 6.45) is 2.42. The van der Waals surface area contributed by atoms with Gasteiger partial charge in [0.2, 0.25) is 0 Å². The number of benzene rings is 1. The summed E-state index contributed by atoms with van der Waals surface area (Å²) in [4.78, 5) is 4.77. The number of amidine groups is 1. The minimum absolute atomic E-state index is 0.262. The number of methoxy groups -OCH3 is 1. The molecule has 1 heterocycles. The van der Waals surface area contributed by atoms with Crippen molar-refractivity contribution in [1.29, 1.82) is 0 Å². The van der Waals surface area contributed by atoms with E-state index in [1.54, 1.807) is 7.11 Å². The Bertz CT molecular complexity index is 480. The van der Waals surface area contributed by atoms with Gasteiger partial charge in [0.25, 0.3) is 0 Å². The molecule has 0 bridgehead atoms. The molecule has 21 heavy (non-hydrogen) atoms. The summed E-state index contributed by atoms with van der Waals surface area (Å²) >= 11 is 1.86. The number of aliphatic imine (C=N–C) groups is 1. The molecule has 1 atom stereocenters. The molecular formula is C17H26N2OS. The first-order valence-electron chi connectivity index (χ1n) is 7.70. The SMILES string of the molecule is CCC1(CC)CN=C(NC(C)c2ccc(OC)cc2)SC1. The average molecular weight is 306 g/mol. The minimum atomic E-state index is 0.262. The third-order valence-corrected chi connectivity index (χ3v) is 5.81. The normalized spacial score (nSPS) is 18.8. The Kier molecular flexibility index (Phi) is 5.57. The van der Waals surface area contributed by atoms with E-state index in [2.05, 4.69) is 38.2 Å². The van der Waals surface area contributed by atoms with E-state index in [4.69, 9.17) is 9.73 Å². The minimum Gasteiger partial charge on any atom is -0.497 e. The maximum absolute atomic E-state index is 5.20. The van der Waals surface area contributed by atoms with Crippen LogP contribution < -0.4 is 10.1 Å². The van der Waals surface area contributed by atoms with E-state index in [1.807, 2.05) is 23.9 Å². The van der Waals surface area contributed by atoms with Gasteiger partial charge in [-0.05, 0) is 42.9 Å². The summed E-state index contributed by atoms with van der Waals surface area (Å²) in [6, 6.07) is 8.48. The fourth-order valence-corrected chi connectivity index (χ4v) is 3.84. The first-order chi connectivity index (χ1) is 10.1. The van der Waals surface area contributed by atoms with E-state index in [0.29, 0.717) is 5.41 Å². The number of nitrogens with one attached hydrogen (secondary N) is 1. The molecule has 1 aliphatic rings. The molecular weight excluding hydrogens is 280 g/mol. The molecule has 4 heteroatoms. The lowest BCUT2D eigenvalue weighted by atomic mass is 9.84. The number of rotatable bonds is 5. The van der Waals surface area contributed by atoms with E-state index >= 15 is 0 Å². The molecule has 3 nitrogen and oxygen atoms in total. The molecule has 0 fully saturated rings. The van der Waals surface area contributed by atoms with Crippen molar-refractivity contribution < 1.29 is 4.74 Å². The Morgan fingerprint density at radius 1 is 1.29 bits per heavy atom. The van der Waals surface area contributed by atoms with Crippen molar-refractivity contribution in [3.63, 3.8) is 0 Å². The van der Waals surface area contributed by atoms with Crippen LogP contribution in [0.1, 0.15) is 45.2 Å². The summed E-state index contributed by atoms with van der Waals surface area (Å²) in [5.74, 6) is 2.06. The van der Waals surface area contributed by atoms with E-state index in [-0.39, 0.29) is 6.04 Å². The monoisotopic (exact) mass is 306 g/mol. The molecule has 1 aliphatic heterocycles. The molecule has 116 valence electrons. The zero-order valence-electron chi connectivity index (χ0n) is 13.5. The Labute approximate surface area is 132 Å². The first kappa shape index (κ1) is 16.2. The largest absolute Gasteiger partial charge is 0.497 e. The standard InChI is InChI=1S/C17H26N2OS/c1-5-17(6-2)11-18-16(21-12-17)19-13(3)14-7-9-15(20-4)10-8-14/h7-10,13H,5-6,11-12H2,1-4H3,(H,18,19). The number of hydrogen-bond acceptors (Lipinski definition) is 4. The zero-order chi connectivity index (χ0) is 15.3. The van der Waals surface area contributed by atoms with Crippen molar-refractivity contribution in [2.75, 3.05) is 19.4 Å². The Hall–Kier alpha value is -1.16. The van der Waals surface area contributed by atoms with Gasteiger partial charge < -0.3 is 10.1 Å². The van der Waals surface area contributed by atoms with Crippen molar-refractivity contribution in [3.8, 4) is 5.75 Å². The highest BCUT2D eigenvalue weighted by atomic mass is 32.2. The number of ether oxygens (including phenoxy) is 1. The molecule has 0 saturated heterocycles. The van der Waals surface area contributed by atoms with Crippen molar-refractivity contribution in [2.24, 2.45) is 10.4 Å². The summed E-state index contributed by atoms with van der Waals surface area (Å²) in [7, 11) is 1.69. The third-order valence-electron chi connectivity index (χ3n) is 4.53. The second-order valence-corrected chi connectivity index (χ2v) is 6.72. The van der Waals surface area contributed by atoms with Gasteiger partial charge in [-0.25, -0.2) is 0 Å². The van der Waals surface area contributed by atoms with Crippen molar-refractivity contribution in [3.05, 3.63) is 29.8 Å². The van der Waals surface area contributed by atoms with Gasteiger partial charge in [0.1, 0.15) is 5.75 Å². The lowest BCUT2D eigenvalue weighted by molar-refractivity contribution is 0.318. The quantitative estimate of drug-likeness (QED) is 0.882. The van der Waals surface area contributed by atoms with Crippen molar-refractivity contribution in [2.45, 2.75) is 39.7 Å². The van der Waals surface area contributed by atoms with Crippen LogP contribution in [0.15, 0.2) is 29.3 Å². The predicted molar refractivity (Wildman–Crippen MR) is 92.3 cm³/mol. The fourth-order valence-electron chi connectivity index (χ4n) is 2.48. The van der Waals surface area contributed by atoms with Crippen LogP contribution in [0.5, 0.6) is 5.75 Å². The lowest BCUT2D eigenvalue weighted by Crippen LogP contribution is -2.35. The summed E-state index contributed by atoms with van der Waals surface area (Å²) in [6.45, 7) is 7.67. The van der Waals surface area contributed by atoms with Crippen LogP contribution >= 0.6 is 11.8 Å². The van der Waals surface area contributed by atoms with Crippen LogP contribution in [-0.2, 0) is 0 Å². The Morgan fingerprint density at radius 3 is 2.43 bits per heavy atom. The molecule has 2 rings (SSSR count). The van der Waals surface area contributed by atoms with Crippen LogP contribution in [0.2, 0.25) is 0 Å². The van der Waals surface area contributed by atoms with Crippen LogP contribution in [0.3, 0.4) is 0 Å².